The minimum absolute atomic E-state index is 0. The van der Waals surface area contributed by atoms with Crippen LogP contribution in [0.3, 0.4) is 0 Å². The molecular weight excluding hydrogens is 327 g/mol. The van der Waals surface area contributed by atoms with Crippen molar-refractivity contribution in [2.24, 2.45) is 0 Å². The lowest BCUT2D eigenvalue weighted by Gasteiger charge is -2.24. The van der Waals surface area contributed by atoms with Crippen molar-refractivity contribution in [3.8, 4) is 5.75 Å². The highest BCUT2D eigenvalue weighted by atomic mass is 19.1. The topological polar surface area (TPSA) is 91.4 Å². The lowest BCUT2D eigenvalue weighted by molar-refractivity contribution is -0.653. The van der Waals surface area contributed by atoms with E-state index in [-0.39, 0.29) is 17.1 Å². The van der Waals surface area contributed by atoms with E-state index in [0.29, 0.717) is 11.4 Å². The van der Waals surface area contributed by atoms with Crippen molar-refractivity contribution in [3.05, 3.63) is 59.7 Å². The molecule has 2 aliphatic heterocycles. The molecule has 1 amide bonds. The summed E-state index contributed by atoms with van der Waals surface area (Å²) in [5.74, 6) is -0.574. The molecule has 2 aromatic carbocycles. The fourth-order valence-electron chi connectivity index (χ4n) is 3.01. The number of nitrogens with one attached hydrogen (secondary N) is 1. The van der Waals surface area contributed by atoms with Gasteiger partial charge in [0.1, 0.15) is 11.4 Å². The van der Waals surface area contributed by atoms with Gasteiger partial charge in [0.05, 0.1) is 12.8 Å². The number of nitrogens with two attached hydrogens (primary N) is 1. The number of methoxy groups -OCH3 is 1. The minimum Gasteiger partial charge on any atom is -0.870 e. The number of fused-ring (bicyclic) bond motifs is 3. The number of amides is 1. The molecule has 25 heavy (non-hydrogen) atoms. The van der Waals surface area contributed by atoms with E-state index in [1.165, 1.54) is 24.3 Å². The lowest BCUT2D eigenvalue weighted by atomic mass is 10.1. The third-order valence-corrected chi connectivity index (χ3v) is 4.15. The van der Waals surface area contributed by atoms with Gasteiger partial charge in [-0.2, -0.15) is 5.01 Å². The summed E-state index contributed by atoms with van der Waals surface area (Å²) in [6.45, 7) is 1.85. The van der Waals surface area contributed by atoms with Gasteiger partial charge in [-0.15, -0.1) is 10.5 Å². The van der Waals surface area contributed by atoms with E-state index in [2.05, 4.69) is 5.32 Å². The van der Waals surface area contributed by atoms with Crippen molar-refractivity contribution >= 4 is 23.0 Å². The number of benzene rings is 2. The zero-order chi connectivity index (χ0) is 16.8. The van der Waals surface area contributed by atoms with Gasteiger partial charge in [-0.1, -0.05) is 12.1 Å². The molecule has 4 rings (SSSR count). The molecule has 4 N–H and O–H groups in total. The number of nitrogens with zero attached hydrogens (tertiary/aromatic N) is 2. The molecule has 2 aromatic rings. The molecule has 0 aromatic heterocycles. The van der Waals surface area contributed by atoms with Crippen molar-refractivity contribution in [2.75, 3.05) is 22.4 Å². The van der Waals surface area contributed by atoms with Crippen molar-refractivity contribution < 1.29 is 24.9 Å². The van der Waals surface area contributed by atoms with Crippen LogP contribution in [0.4, 0.5) is 21.5 Å². The number of rotatable bonds is 2. The molecule has 0 spiro atoms. The average Bonchev–Trinajstić information content (AvgIpc) is 2.93. The molecule has 8 heteroatoms. The number of anilines is 3. The quantitative estimate of drug-likeness (QED) is 0.637. The number of hydrogen-bond donors (Lipinski definition) is 2. The molecule has 1 saturated heterocycles. The van der Waals surface area contributed by atoms with Crippen molar-refractivity contribution in [2.45, 2.75) is 6.92 Å². The van der Waals surface area contributed by atoms with Gasteiger partial charge in [-0.25, -0.2) is 4.39 Å². The zero-order valence-corrected chi connectivity index (χ0v) is 13.7. The Balaban J connectivity index is 0.00000182. The number of halogens is 1. The maximum Gasteiger partial charge on any atom is 0.329 e. The van der Waals surface area contributed by atoms with Gasteiger partial charge in [-0.05, 0) is 31.2 Å². The maximum absolute atomic E-state index is 14.0. The van der Waals surface area contributed by atoms with Gasteiger partial charge in [0, 0.05) is 11.8 Å². The third-order valence-electron chi connectivity index (χ3n) is 4.15. The number of hydrogen-bond acceptors (Lipinski definition) is 5. The second kappa shape index (κ2) is 6.08. The Morgan fingerprint density at radius 2 is 1.92 bits per heavy atom. The predicted molar refractivity (Wildman–Crippen MR) is 89.5 cm³/mol. The van der Waals surface area contributed by atoms with Crippen LogP contribution in [0.1, 0.15) is 6.92 Å². The first kappa shape index (κ1) is 16.7. The van der Waals surface area contributed by atoms with Gasteiger partial charge in [0.15, 0.2) is 17.3 Å². The molecule has 2 aliphatic rings. The normalized spacial score (nSPS) is 15.4. The number of para-hydroxylation sites is 2. The van der Waals surface area contributed by atoms with E-state index >= 15 is 0 Å². The van der Waals surface area contributed by atoms with Crippen molar-refractivity contribution in [3.63, 3.8) is 0 Å². The van der Waals surface area contributed by atoms with E-state index in [9.17, 15) is 9.18 Å². The Hall–Kier alpha value is -3.10. The molecule has 0 radical (unpaired) electrons. The summed E-state index contributed by atoms with van der Waals surface area (Å²) < 4.78 is 18.9. The Kier molecular flexibility index (Phi) is 4.07. The molecule has 0 saturated carbocycles. The van der Waals surface area contributed by atoms with Gasteiger partial charge in [0.2, 0.25) is 0 Å². The Bertz CT molecular complexity index is 884. The van der Waals surface area contributed by atoms with E-state index < -0.39 is 5.82 Å². The molecule has 0 aliphatic carbocycles. The van der Waals surface area contributed by atoms with Crippen molar-refractivity contribution in [1.82, 2.24) is 0 Å². The number of quaternary nitrogens is 1. The summed E-state index contributed by atoms with van der Waals surface area (Å²) in [5.41, 5.74) is 5.22. The fraction of sp³-hybridized carbons (Fsp3) is 0.118. The molecule has 130 valence electrons. The third kappa shape index (κ3) is 2.48. The first-order valence-corrected chi connectivity index (χ1v) is 7.48. The molecule has 1 fully saturated rings. The molecule has 0 atom stereocenters. The Labute approximate surface area is 143 Å². The van der Waals surface area contributed by atoms with Gasteiger partial charge in [0.25, 0.3) is 0 Å². The van der Waals surface area contributed by atoms with E-state index in [1.807, 2.05) is 36.2 Å². The Morgan fingerprint density at radius 1 is 1.16 bits per heavy atom. The second-order valence-electron chi connectivity index (χ2n) is 5.60. The summed E-state index contributed by atoms with van der Waals surface area (Å²) in [6.07, 6.45) is 0. The van der Waals surface area contributed by atoms with Crippen molar-refractivity contribution in [1.29, 1.82) is 0 Å². The second-order valence-corrected chi connectivity index (χ2v) is 5.60. The first-order chi connectivity index (χ1) is 11.6. The smallest absolute Gasteiger partial charge is 0.329 e. The summed E-state index contributed by atoms with van der Waals surface area (Å²) in [4.78, 5) is 12.8. The summed E-state index contributed by atoms with van der Waals surface area (Å²) in [5, 5.41) is 6.50. The van der Waals surface area contributed by atoms with E-state index in [1.54, 1.807) is 11.6 Å². The van der Waals surface area contributed by atoms with Gasteiger partial charge < -0.3 is 15.5 Å². The number of carbonyl (C=O) groups excluding carboxylic acids is 1. The highest BCUT2D eigenvalue weighted by Crippen LogP contribution is 2.35. The zero-order valence-electron chi connectivity index (χ0n) is 13.7. The lowest BCUT2D eigenvalue weighted by Crippen LogP contribution is -2.98. The largest absolute Gasteiger partial charge is 0.870 e. The maximum atomic E-state index is 14.0. The number of allylic oxidation sites excluding steroid dienone is 1. The average molecular weight is 344 g/mol. The standard InChI is InChI=1S/C17H15FN4O2.H2O/c1-10-16-17(23)21(11-7-8-15(24-2)12(18)9-11)20-22(16)14-6-4-3-5-13(14)19-10;/h3-9,19-20H,1-2H3;1H2. The monoisotopic (exact) mass is 344 g/mol. The summed E-state index contributed by atoms with van der Waals surface area (Å²) in [7, 11) is 1.41. The highest BCUT2D eigenvalue weighted by molar-refractivity contribution is 6.09. The fourth-order valence-corrected chi connectivity index (χ4v) is 3.01. The highest BCUT2D eigenvalue weighted by Gasteiger charge is 2.43. The molecule has 0 unspecified atom stereocenters. The van der Waals surface area contributed by atoms with Crippen LogP contribution >= 0.6 is 0 Å². The van der Waals surface area contributed by atoms with E-state index in [0.717, 1.165) is 17.1 Å². The Morgan fingerprint density at radius 3 is 2.64 bits per heavy atom. The van der Waals surface area contributed by atoms with Crippen LogP contribution in [0, 0.1) is 5.82 Å². The van der Waals surface area contributed by atoms with Crippen LogP contribution in [0.15, 0.2) is 53.9 Å². The van der Waals surface area contributed by atoms with Crippen LogP contribution in [-0.4, -0.2) is 18.5 Å². The summed E-state index contributed by atoms with van der Waals surface area (Å²) >= 11 is 0. The van der Waals surface area contributed by atoms with Gasteiger partial charge >= 0.3 is 5.91 Å². The van der Waals surface area contributed by atoms with Crippen LogP contribution in [0.5, 0.6) is 5.75 Å². The summed E-state index contributed by atoms with van der Waals surface area (Å²) in [6, 6.07) is 12.2. The van der Waals surface area contributed by atoms with Crippen LogP contribution in [0.2, 0.25) is 0 Å². The van der Waals surface area contributed by atoms with E-state index in [4.69, 9.17) is 4.74 Å². The predicted octanol–water partition coefficient (Wildman–Crippen LogP) is 1.56. The molecule has 0 bridgehead atoms. The molecule has 2 heterocycles. The van der Waals surface area contributed by atoms with Crippen LogP contribution in [0.25, 0.3) is 0 Å². The minimum atomic E-state index is -0.509. The first-order valence-electron chi connectivity index (χ1n) is 7.48. The molecule has 7 nitrogen and oxygen atoms in total. The molecular formula is C17H17FN4O3. The van der Waals surface area contributed by atoms with Crippen LogP contribution in [-0.2, 0) is 4.79 Å². The van der Waals surface area contributed by atoms with Crippen LogP contribution < -0.4 is 25.6 Å². The van der Waals surface area contributed by atoms with Gasteiger partial charge in [-0.3, -0.25) is 4.79 Å². The number of ether oxygens (including phenoxy) is 1. The number of carbonyl (C=O) groups is 1. The SMILES string of the molecule is COc1ccc(N2[NH2+]N3C(=C(C)Nc4ccccc43)C2=O)cc1F.[OH-].